The fraction of sp³-hybridized carbons (Fsp3) is 0.579. The second kappa shape index (κ2) is 8.16. The number of likely N-dealkylation sites (N-methyl/N-ethyl adjacent to an activating group) is 2. The van der Waals surface area contributed by atoms with Gasteiger partial charge in [0.25, 0.3) is 0 Å². The molecule has 0 aromatic heterocycles. The van der Waals surface area contributed by atoms with Gasteiger partial charge in [0.1, 0.15) is 0 Å². The molecule has 1 aliphatic rings. The minimum atomic E-state index is -0.779. The Balaban J connectivity index is 2.94. The summed E-state index contributed by atoms with van der Waals surface area (Å²) in [5.74, 6) is -0.490. The number of rotatable bonds is 6. The van der Waals surface area contributed by atoms with Crippen LogP contribution in [0.5, 0.6) is 0 Å². The first-order valence-corrected chi connectivity index (χ1v) is 8.81. The van der Waals surface area contributed by atoms with E-state index in [0.717, 1.165) is 0 Å². The van der Waals surface area contributed by atoms with Gasteiger partial charge in [-0.2, -0.15) is 0 Å². The van der Waals surface area contributed by atoms with E-state index in [1.54, 1.807) is 48.7 Å². The fourth-order valence-corrected chi connectivity index (χ4v) is 3.11. The molecule has 0 heterocycles. The minimum absolute atomic E-state index is 0.0834. The van der Waals surface area contributed by atoms with Gasteiger partial charge in [0.15, 0.2) is 11.6 Å². The lowest BCUT2D eigenvalue weighted by molar-refractivity contribution is -0.131. The van der Waals surface area contributed by atoms with Crippen molar-refractivity contribution in [3.05, 3.63) is 22.3 Å². The molecule has 0 fully saturated rings. The SMILES string of the molecule is CC1=C(C)C(=O)C(C(C)(C)CC(=O)N(C)CCN(C)C(=O)Cl)=C(C)C1=O. The van der Waals surface area contributed by atoms with E-state index in [4.69, 9.17) is 11.6 Å². The van der Waals surface area contributed by atoms with Crippen LogP contribution in [0.25, 0.3) is 0 Å². The maximum Gasteiger partial charge on any atom is 0.316 e. The molecule has 7 heteroatoms. The molecule has 0 saturated heterocycles. The summed E-state index contributed by atoms with van der Waals surface area (Å²) in [6, 6.07) is 0. The van der Waals surface area contributed by atoms with Crippen LogP contribution in [0, 0.1) is 5.41 Å². The quantitative estimate of drug-likeness (QED) is 0.402. The molecular formula is C19H27ClN2O4. The standard InChI is InChI=1S/C19H27ClN2O4/c1-11-12(2)17(25)15(13(3)16(11)24)19(4,5)10-14(23)21(6)8-9-22(7)18(20)26/h8-10H2,1-7H3. The Hall–Kier alpha value is -1.95. The summed E-state index contributed by atoms with van der Waals surface area (Å²) in [5, 5.41) is -0.587. The Morgan fingerprint density at radius 3 is 1.85 bits per heavy atom. The van der Waals surface area contributed by atoms with Crippen molar-refractivity contribution in [3.8, 4) is 0 Å². The van der Waals surface area contributed by atoms with E-state index < -0.39 is 10.8 Å². The fourth-order valence-electron chi connectivity index (χ4n) is 3.02. The second-order valence-corrected chi connectivity index (χ2v) is 7.78. The third-order valence-corrected chi connectivity index (χ3v) is 5.24. The topological polar surface area (TPSA) is 74.8 Å². The van der Waals surface area contributed by atoms with E-state index in [2.05, 4.69) is 0 Å². The monoisotopic (exact) mass is 382 g/mol. The van der Waals surface area contributed by atoms with E-state index in [0.29, 0.717) is 35.4 Å². The first-order valence-electron chi connectivity index (χ1n) is 8.44. The largest absolute Gasteiger partial charge is 0.344 e. The molecule has 0 aliphatic heterocycles. The highest BCUT2D eigenvalue weighted by Gasteiger charge is 2.38. The zero-order chi connectivity index (χ0) is 20.4. The van der Waals surface area contributed by atoms with Gasteiger partial charge in [0.2, 0.25) is 5.91 Å². The molecule has 0 aromatic rings. The molecule has 1 aliphatic carbocycles. The highest BCUT2D eigenvalue weighted by molar-refractivity contribution is 6.62. The lowest BCUT2D eigenvalue weighted by Crippen LogP contribution is -2.39. The van der Waals surface area contributed by atoms with Crippen LogP contribution in [0.2, 0.25) is 0 Å². The molecular weight excluding hydrogens is 356 g/mol. The molecule has 0 saturated carbocycles. The average Bonchev–Trinajstić information content (AvgIpc) is 2.54. The van der Waals surface area contributed by atoms with E-state index in [-0.39, 0.29) is 23.9 Å². The van der Waals surface area contributed by atoms with Gasteiger partial charge in [-0.25, -0.2) is 0 Å². The van der Waals surface area contributed by atoms with Gasteiger partial charge in [0.05, 0.1) is 0 Å². The predicted octanol–water partition coefficient (Wildman–Crippen LogP) is 2.96. The molecule has 0 unspecified atom stereocenters. The molecule has 0 aromatic carbocycles. The Bertz CT molecular complexity index is 719. The number of Topliss-reactive ketones (excluding diaryl/α,β-unsaturated/α-hetero) is 2. The average molecular weight is 383 g/mol. The molecule has 1 rings (SSSR count). The molecule has 0 bridgehead atoms. The predicted molar refractivity (Wildman–Crippen MR) is 101 cm³/mol. The normalized spacial score (nSPS) is 15.5. The van der Waals surface area contributed by atoms with Crippen LogP contribution in [0.1, 0.15) is 41.0 Å². The number of nitrogens with zero attached hydrogens (tertiary/aromatic N) is 2. The number of carbonyl (C=O) groups is 4. The number of hydrogen-bond acceptors (Lipinski definition) is 4. The molecule has 0 radical (unpaired) electrons. The van der Waals surface area contributed by atoms with Crippen LogP contribution in [-0.4, -0.2) is 59.8 Å². The number of amides is 2. The summed E-state index contributed by atoms with van der Waals surface area (Å²) in [6.07, 6.45) is 0.0834. The Morgan fingerprint density at radius 1 is 0.885 bits per heavy atom. The van der Waals surface area contributed by atoms with E-state index >= 15 is 0 Å². The molecule has 0 N–H and O–H groups in total. The minimum Gasteiger partial charge on any atom is -0.344 e. The molecule has 0 atom stereocenters. The van der Waals surface area contributed by atoms with E-state index in [9.17, 15) is 19.2 Å². The highest BCUT2D eigenvalue weighted by Crippen LogP contribution is 2.39. The number of ketones is 2. The smallest absolute Gasteiger partial charge is 0.316 e. The van der Waals surface area contributed by atoms with Crippen molar-refractivity contribution in [3.63, 3.8) is 0 Å². The summed E-state index contributed by atoms with van der Waals surface area (Å²) in [6.45, 7) is 9.16. The number of allylic oxidation sites excluding steroid dienone is 4. The first-order chi connectivity index (χ1) is 11.8. The van der Waals surface area contributed by atoms with Gasteiger partial charge >= 0.3 is 5.37 Å². The van der Waals surface area contributed by atoms with Crippen LogP contribution in [0.15, 0.2) is 22.3 Å². The van der Waals surface area contributed by atoms with Crippen molar-refractivity contribution in [2.45, 2.75) is 41.0 Å². The number of hydrogen-bond donors (Lipinski definition) is 0. The third kappa shape index (κ3) is 4.61. The summed E-state index contributed by atoms with van der Waals surface area (Å²) in [4.78, 5) is 51.5. The van der Waals surface area contributed by atoms with Gasteiger partial charge in [0, 0.05) is 61.3 Å². The summed E-state index contributed by atoms with van der Waals surface area (Å²) >= 11 is 5.37. The van der Waals surface area contributed by atoms with Crippen LogP contribution >= 0.6 is 11.6 Å². The molecule has 6 nitrogen and oxygen atoms in total. The van der Waals surface area contributed by atoms with Crippen molar-refractivity contribution in [2.75, 3.05) is 27.2 Å². The molecule has 144 valence electrons. The third-order valence-electron chi connectivity index (χ3n) is 4.95. The van der Waals surface area contributed by atoms with Crippen molar-refractivity contribution in [1.82, 2.24) is 9.80 Å². The number of halogens is 1. The maximum absolute atomic E-state index is 12.7. The van der Waals surface area contributed by atoms with Gasteiger partial charge in [-0.05, 0) is 32.4 Å². The number of carbonyl (C=O) groups excluding carboxylic acids is 4. The molecule has 0 spiro atoms. The second-order valence-electron chi connectivity index (χ2n) is 7.46. The van der Waals surface area contributed by atoms with Gasteiger partial charge < -0.3 is 9.80 Å². The van der Waals surface area contributed by atoms with Crippen LogP contribution < -0.4 is 0 Å². The molecule has 2 amide bonds. The zero-order valence-corrected chi connectivity index (χ0v) is 17.3. The van der Waals surface area contributed by atoms with Crippen molar-refractivity contribution in [1.29, 1.82) is 0 Å². The van der Waals surface area contributed by atoms with Crippen LogP contribution in [0.4, 0.5) is 4.79 Å². The maximum atomic E-state index is 12.7. The summed E-state index contributed by atoms with van der Waals surface area (Å²) < 4.78 is 0. The summed E-state index contributed by atoms with van der Waals surface area (Å²) in [5.41, 5.74) is 0.931. The van der Waals surface area contributed by atoms with E-state index in [1.807, 2.05) is 0 Å². The summed E-state index contributed by atoms with van der Waals surface area (Å²) in [7, 11) is 3.19. The highest BCUT2D eigenvalue weighted by atomic mass is 35.5. The van der Waals surface area contributed by atoms with Gasteiger partial charge in [-0.1, -0.05) is 13.8 Å². The van der Waals surface area contributed by atoms with Crippen LogP contribution in [-0.2, 0) is 14.4 Å². The Labute approximate surface area is 159 Å². The van der Waals surface area contributed by atoms with Crippen molar-refractivity contribution < 1.29 is 19.2 Å². The van der Waals surface area contributed by atoms with E-state index in [1.165, 1.54) is 9.80 Å². The lowest BCUT2D eigenvalue weighted by atomic mass is 9.71. The van der Waals surface area contributed by atoms with Crippen LogP contribution in [0.3, 0.4) is 0 Å². The first kappa shape index (κ1) is 22.1. The molecule has 26 heavy (non-hydrogen) atoms. The lowest BCUT2D eigenvalue weighted by Gasteiger charge is -2.33. The van der Waals surface area contributed by atoms with Gasteiger partial charge in [-0.15, -0.1) is 0 Å². The Morgan fingerprint density at radius 2 is 1.35 bits per heavy atom. The van der Waals surface area contributed by atoms with Crippen molar-refractivity contribution >= 4 is 34.4 Å². The Kier molecular flexibility index (Phi) is 6.94. The van der Waals surface area contributed by atoms with Gasteiger partial charge in [-0.3, -0.25) is 19.2 Å². The zero-order valence-electron chi connectivity index (χ0n) is 16.5. The van der Waals surface area contributed by atoms with Crippen molar-refractivity contribution in [2.24, 2.45) is 5.41 Å².